The van der Waals surface area contributed by atoms with Crippen LogP contribution in [0.4, 0.5) is 0 Å². The van der Waals surface area contributed by atoms with Crippen molar-refractivity contribution in [2.24, 2.45) is 0 Å². The first-order chi connectivity index (χ1) is 6.57. The summed E-state index contributed by atoms with van der Waals surface area (Å²) in [7, 11) is 0. The van der Waals surface area contributed by atoms with Crippen LogP contribution in [0.3, 0.4) is 0 Å². The highest BCUT2D eigenvalue weighted by atomic mass is 16.7. The highest BCUT2D eigenvalue weighted by Gasteiger charge is 2.37. The van der Waals surface area contributed by atoms with Crippen LogP contribution in [0.5, 0.6) is 0 Å². The Balaban J connectivity index is 1.71. The molecule has 0 unspecified atom stereocenters. The van der Waals surface area contributed by atoms with Crippen molar-refractivity contribution in [2.45, 2.75) is 50.8 Å². The number of rotatable bonds is 4. The van der Waals surface area contributed by atoms with Crippen LogP contribution >= 0.6 is 0 Å². The second-order valence-electron chi connectivity index (χ2n) is 4.47. The third kappa shape index (κ3) is 2.67. The molecule has 82 valence electrons. The van der Waals surface area contributed by atoms with Gasteiger partial charge in [0.05, 0.1) is 25.4 Å². The van der Waals surface area contributed by atoms with E-state index in [9.17, 15) is 5.11 Å². The van der Waals surface area contributed by atoms with Crippen LogP contribution in [0.15, 0.2) is 0 Å². The molecule has 2 aliphatic heterocycles. The fraction of sp³-hybridized carbons (Fsp3) is 1.00. The molecular formula is C10H18O4. The molecule has 2 heterocycles. The molecule has 0 saturated carbocycles. The van der Waals surface area contributed by atoms with Crippen molar-refractivity contribution in [1.29, 1.82) is 0 Å². The van der Waals surface area contributed by atoms with Gasteiger partial charge in [-0.3, -0.25) is 0 Å². The van der Waals surface area contributed by atoms with Crippen molar-refractivity contribution >= 4 is 0 Å². The Morgan fingerprint density at radius 2 is 2.14 bits per heavy atom. The van der Waals surface area contributed by atoms with Gasteiger partial charge in [0.15, 0.2) is 5.79 Å². The van der Waals surface area contributed by atoms with Crippen LogP contribution in [0.25, 0.3) is 0 Å². The summed E-state index contributed by atoms with van der Waals surface area (Å²) >= 11 is 0. The summed E-state index contributed by atoms with van der Waals surface area (Å²) in [6.45, 7) is 5.06. The molecule has 0 bridgehead atoms. The molecule has 2 fully saturated rings. The van der Waals surface area contributed by atoms with Crippen molar-refractivity contribution in [1.82, 2.24) is 0 Å². The number of hydrogen-bond donors (Lipinski definition) is 1. The number of ether oxygens (including phenoxy) is 3. The first-order valence-corrected chi connectivity index (χ1v) is 5.18. The van der Waals surface area contributed by atoms with E-state index < -0.39 is 11.9 Å². The molecule has 2 aliphatic rings. The summed E-state index contributed by atoms with van der Waals surface area (Å²) in [5.74, 6) is -0.540. The van der Waals surface area contributed by atoms with Crippen LogP contribution in [0.1, 0.15) is 26.7 Å². The topological polar surface area (TPSA) is 51.2 Å². The highest BCUT2D eigenvalue weighted by Crippen LogP contribution is 2.26. The predicted octanol–water partition coefficient (Wildman–Crippen LogP) is 0.678. The summed E-state index contributed by atoms with van der Waals surface area (Å²) in [5.41, 5.74) is 0. The third-order valence-corrected chi connectivity index (χ3v) is 2.65. The van der Waals surface area contributed by atoms with Gasteiger partial charge in [0.25, 0.3) is 0 Å². The fourth-order valence-corrected chi connectivity index (χ4v) is 1.68. The Labute approximate surface area is 84.1 Å². The van der Waals surface area contributed by atoms with E-state index in [4.69, 9.17) is 14.2 Å². The minimum absolute atomic E-state index is 0.177. The quantitative estimate of drug-likeness (QED) is 0.681. The summed E-state index contributed by atoms with van der Waals surface area (Å²) in [6.07, 6.45) is 1.42. The lowest BCUT2D eigenvalue weighted by Crippen LogP contribution is -2.30. The first kappa shape index (κ1) is 10.4. The second-order valence-corrected chi connectivity index (χ2v) is 4.47. The summed E-state index contributed by atoms with van der Waals surface area (Å²) < 4.78 is 16.0. The molecule has 0 amide bonds. The van der Waals surface area contributed by atoms with Crippen LogP contribution in [0.2, 0.25) is 0 Å². The smallest absolute Gasteiger partial charge is 0.163 e. The molecule has 0 aliphatic carbocycles. The molecule has 0 aromatic rings. The van der Waals surface area contributed by atoms with Crippen LogP contribution in [0, 0.1) is 0 Å². The molecule has 0 aromatic heterocycles. The zero-order valence-corrected chi connectivity index (χ0v) is 8.73. The predicted molar refractivity (Wildman–Crippen MR) is 49.9 cm³/mol. The lowest BCUT2D eigenvalue weighted by molar-refractivity contribution is -0.151. The third-order valence-electron chi connectivity index (χ3n) is 2.65. The van der Waals surface area contributed by atoms with Gasteiger partial charge in [0.1, 0.15) is 6.10 Å². The normalized spacial score (nSPS) is 37.1. The standard InChI is InChI=1S/C10H18O4/c1-10(2)13-6-9(14-10)8(11)4-3-7-5-12-7/h7-9,11H,3-6H2,1-2H3/t7-,8+,9-/m1/s1. The molecule has 0 aromatic carbocycles. The van der Waals surface area contributed by atoms with Crippen molar-refractivity contribution in [3.8, 4) is 0 Å². The van der Waals surface area contributed by atoms with Crippen molar-refractivity contribution in [3.63, 3.8) is 0 Å². The summed E-state index contributed by atoms with van der Waals surface area (Å²) in [6, 6.07) is 0. The van der Waals surface area contributed by atoms with Crippen LogP contribution in [-0.4, -0.2) is 42.4 Å². The summed E-state index contributed by atoms with van der Waals surface area (Å²) in [5, 5.41) is 9.80. The van der Waals surface area contributed by atoms with E-state index in [1.165, 1.54) is 0 Å². The van der Waals surface area contributed by atoms with E-state index in [0.29, 0.717) is 12.7 Å². The van der Waals surface area contributed by atoms with Crippen LogP contribution < -0.4 is 0 Å². The zero-order valence-electron chi connectivity index (χ0n) is 8.73. The average Bonchev–Trinajstić information content (AvgIpc) is 2.86. The van der Waals surface area contributed by atoms with Gasteiger partial charge in [-0.2, -0.15) is 0 Å². The van der Waals surface area contributed by atoms with Gasteiger partial charge in [-0.15, -0.1) is 0 Å². The number of epoxide rings is 1. The van der Waals surface area contributed by atoms with Gasteiger partial charge in [0.2, 0.25) is 0 Å². The SMILES string of the molecule is CC1(C)OC[C@H]([C@@H](O)CC[C@@H]2CO2)O1. The van der Waals surface area contributed by atoms with Crippen molar-refractivity contribution in [2.75, 3.05) is 13.2 Å². The average molecular weight is 202 g/mol. The highest BCUT2D eigenvalue weighted by molar-refractivity contribution is 4.79. The Kier molecular flexibility index (Phi) is 2.79. The van der Waals surface area contributed by atoms with Crippen molar-refractivity contribution in [3.05, 3.63) is 0 Å². The molecule has 2 saturated heterocycles. The van der Waals surface area contributed by atoms with E-state index in [-0.39, 0.29) is 6.10 Å². The number of aliphatic hydroxyl groups excluding tert-OH is 1. The molecule has 1 N–H and O–H groups in total. The maximum absolute atomic E-state index is 9.80. The largest absolute Gasteiger partial charge is 0.390 e. The van der Waals surface area contributed by atoms with Crippen LogP contribution in [-0.2, 0) is 14.2 Å². The van der Waals surface area contributed by atoms with Gasteiger partial charge in [-0.05, 0) is 26.7 Å². The van der Waals surface area contributed by atoms with Gasteiger partial charge >= 0.3 is 0 Å². The Bertz CT molecular complexity index is 200. The van der Waals surface area contributed by atoms with Crippen molar-refractivity contribution < 1.29 is 19.3 Å². The van der Waals surface area contributed by atoms with Gasteiger partial charge in [-0.1, -0.05) is 0 Å². The van der Waals surface area contributed by atoms with Gasteiger partial charge < -0.3 is 19.3 Å². The van der Waals surface area contributed by atoms with Gasteiger partial charge in [0, 0.05) is 0 Å². The Hall–Kier alpha value is -0.160. The Morgan fingerprint density at radius 1 is 1.43 bits per heavy atom. The summed E-state index contributed by atoms with van der Waals surface area (Å²) in [4.78, 5) is 0. The molecule has 14 heavy (non-hydrogen) atoms. The van der Waals surface area contributed by atoms with E-state index >= 15 is 0 Å². The second kappa shape index (κ2) is 3.77. The minimum Gasteiger partial charge on any atom is -0.390 e. The molecule has 0 radical (unpaired) electrons. The lowest BCUT2D eigenvalue weighted by atomic mass is 10.1. The maximum atomic E-state index is 9.80. The fourth-order valence-electron chi connectivity index (χ4n) is 1.68. The molecule has 2 rings (SSSR count). The lowest BCUT2D eigenvalue weighted by Gasteiger charge is -2.20. The Morgan fingerprint density at radius 3 is 2.64 bits per heavy atom. The minimum atomic E-state index is -0.540. The van der Waals surface area contributed by atoms with Gasteiger partial charge in [-0.25, -0.2) is 0 Å². The monoisotopic (exact) mass is 202 g/mol. The number of hydrogen-bond acceptors (Lipinski definition) is 4. The first-order valence-electron chi connectivity index (χ1n) is 5.18. The van der Waals surface area contributed by atoms with E-state index in [1.807, 2.05) is 13.8 Å². The maximum Gasteiger partial charge on any atom is 0.163 e. The molecule has 4 heteroatoms. The van der Waals surface area contributed by atoms with E-state index in [0.717, 1.165) is 19.4 Å². The molecular weight excluding hydrogens is 184 g/mol. The molecule has 0 spiro atoms. The van der Waals surface area contributed by atoms with E-state index in [1.54, 1.807) is 0 Å². The molecule has 4 nitrogen and oxygen atoms in total. The molecule has 3 atom stereocenters. The number of aliphatic hydroxyl groups is 1. The zero-order chi connectivity index (χ0) is 10.2. The van der Waals surface area contributed by atoms with E-state index in [2.05, 4.69) is 0 Å².